The van der Waals surface area contributed by atoms with Gasteiger partial charge in [0.1, 0.15) is 11.6 Å². The highest BCUT2D eigenvalue weighted by Gasteiger charge is 2.33. The average Bonchev–Trinajstić information content (AvgIpc) is 3.02. The van der Waals surface area contributed by atoms with Crippen LogP contribution in [-0.2, 0) is 19.1 Å². The van der Waals surface area contributed by atoms with Gasteiger partial charge in [-0.3, -0.25) is 4.79 Å². The molecule has 1 fully saturated rings. The third kappa shape index (κ3) is 8.60. The first kappa shape index (κ1) is 25.2. The summed E-state index contributed by atoms with van der Waals surface area (Å²) >= 11 is 0. The molecular weight excluding hydrogens is 374 g/mol. The van der Waals surface area contributed by atoms with Gasteiger partial charge in [-0.05, 0) is 32.6 Å². The van der Waals surface area contributed by atoms with Gasteiger partial charge in [0.2, 0.25) is 5.91 Å². The van der Waals surface area contributed by atoms with Crippen LogP contribution in [0, 0.1) is 11.8 Å². The topological polar surface area (TPSA) is 106 Å². The number of ether oxygens (including phenoxy) is 2. The molecular formula is C21H39N3O5. The quantitative estimate of drug-likeness (QED) is 0.475. The molecule has 2 unspecified atom stereocenters. The Balaban J connectivity index is 2.77. The zero-order valence-corrected chi connectivity index (χ0v) is 19.0. The van der Waals surface area contributed by atoms with Gasteiger partial charge in [0.25, 0.3) is 0 Å². The molecule has 1 aliphatic heterocycles. The minimum Gasteiger partial charge on any atom is -0.464 e. The second kappa shape index (κ2) is 11.4. The van der Waals surface area contributed by atoms with Crippen LogP contribution in [0.25, 0.3) is 0 Å². The number of cyclic esters (lactones) is 1. The van der Waals surface area contributed by atoms with Crippen LogP contribution >= 0.6 is 0 Å². The molecule has 168 valence electrons. The highest BCUT2D eigenvalue weighted by atomic mass is 16.6. The second-order valence-electron chi connectivity index (χ2n) is 8.93. The minimum atomic E-state index is -0.582. The predicted molar refractivity (Wildman–Crippen MR) is 111 cm³/mol. The van der Waals surface area contributed by atoms with E-state index in [1.807, 2.05) is 34.6 Å². The molecule has 3 N–H and O–H groups in total. The maximum atomic E-state index is 12.8. The molecule has 0 aromatic carbocycles. The fourth-order valence-electron chi connectivity index (χ4n) is 3.07. The number of rotatable bonds is 10. The average molecular weight is 414 g/mol. The van der Waals surface area contributed by atoms with Crippen molar-refractivity contribution in [2.45, 2.75) is 91.5 Å². The first-order valence-electron chi connectivity index (χ1n) is 10.7. The van der Waals surface area contributed by atoms with Crippen LogP contribution in [0.4, 0.5) is 4.79 Å². The van der Waals surface area contributed by atoms with Crippen LogP contribution in [0.5, 0.6) is 0 Å². The molecule has 2 amide bonds. The van der Waals surface area contributed by atoms with Crippen LogP contribution < -0.4 is 16.0 Å². The van der Waals surface area contributed by atoms with E-state index in [-0.39, 0.29) is 29.8 Å². The van der Waals surface area contributed by atoms with Gasteiger partial charge in [-0.1, -0.05) is 40.5 Å². The zero-order chi connectivity index (χ0) is 22.2. The second-order valence-corrected chi connectivity index (χ2v) is 8.93. The minimum absolute atomic E-state index is 0.0616. The van der Waals surface area contributed by atoms with Gasteiger partial charge >= 0.3 is 12.1 Å². The van der Waals surface area contributed by atoms with Crippen LogP contribution in [0.2, 0.25) is 0 Å². The third-order valence-corrected chi connectivity index (χ3v) is 5.34. The van der Waals surface area contributed by atoms with Crippen molar-refractivity contribution in [2.75, 3.05) is 13.2 Å². The van der Waals surface area contributed by atoms with Crippen LogP contribution in [0.1, 0.15) is 67.7 Å². The third-order valence-electron chi connectivity index (χ3n) is 5.34. The highest BCUT2D eigenvalue weighted by Crippen LogP contribution is 2.14. The molecule has 0 bridgehead atoms. The largest absolute Gasteiger partial charge is 0.464 e. The maximum absolute atomic E-state index is 12.8. The SMILES string of the molecule is CCC(C)[C@H](NC[C@@H](NC(=O)OC(C)(C)C)C(C)CC)C(=O)N[C@H]1CCOC1=O. The van der Waals surface area contributed by atoms with Gasteiger partial charge in [0.05, 0.1) is 12.6 Å². The lowest BCUT2D eigenvalue weighted by Gasteiger charge is -2.30. The summed E-state index contributed by atoms with van der Waals surface area (Å²) in [4.78, 5) is 36.7. The number of carbonyl (C=O) groups excluding carboxylic acids is 3. The first-order valence-corrected chi connectivity index (χ1v) is 10.7. The van der Waals surface area contributed by atoms with Crippen molar-refractivity contribution in [3.63, 3.8) is 0 Å². The summed E-state index contributed by atoms with van der Waals surface area (Å²) in [6.07, 6.45) is 1.69. The molecule has 0 saturated carbocycles. The summed E-state index contributed by atoms with van der Waals surface area (Å²) in [6, 6.07) is -1.24. The monoisotopic (exact) mass is 413 g/mol. The summed E-state index contributed by atoms with van der Waals surface area (Å²) in [7, 11) is 0. The van der Waals surface area contributed by atoms with E-state index in [1.165, 1.54) is 0 Å². The number of carbonyl (C=O) groups is 3. The van der Waals surface area contributed by atoms with Gasteiger partial charge in [-0.2, -0.15) is 0 Å². The molecule has 0 aliphatic carbocycles. The van der Waals surface area contributed by atoms with E-state index in [4.69, 9.17) is 9.47 Å². The molecule has 0 aromatic heterocycles. The molecule has 29 heavy (non-hydrogen) atoms. The zero-order valence-electron chi connectivity index (χ0n) is 19.0. The molecule has 0 aromatic rings. The molecule has 0 radical (unpaired) electrons. The van der Waals surface area contributed by atoms with E-state index in [0.717, 1.165) is 12.8 Å². The van der Waals surface area contributed by atoms with Gasteiger partial charge in [0, 0.05) is 19.0 Å². The Morgan fingerprint density at radius 2 is 1.79 bits per heavy atom. The maximum Gasteiger partial charge on any atom is 0.407 e. The summed E-state index contributed by atoms with van der Waals surface area (Å²) in [6.45, 7) is 14.3. The Kier molecular flexibility index (Phi) is 9.89. The fourth-order valence-corrected chi connectivity index (χ4v) is 3.07. The lowest BCUT2D eigenvalue weighted by Crippen LogP contribution is -2.56. The van der Waals surface area contributed by atoms with E-state index in [2.05, 4.69) is 29.8 Å². The van der Waals surface area contributed by atoms with Crippen LogP contribution in [0.3, 0.4) is 0 Å². The van der Waals surface area contributed by atoms with Crippen LogP contribution in [-0.4, -0.2) is 54.8 Å². The van der Waals surface area contributed by atoms with E-state index >= 15 is 0 Å². The molecule has 8 heteroatoms. The normalized spacial score (nSPS) is 20.9. The lowest BCUT2D eigenvalue weighted by molar-refractivity contribution is -0.141. The van der Waals surface area contributed by atoms with Crippen molar-refractivity contribution in [2.24, 2.45) is 11.8 Å². The number of esters is 1. The summed E-state index contributed by atoms with van der Waals surface area (Å²) < 4.78 is 10.3. The Morgan fingerprint density at radius 1 is 1.17 bits per heavy atom. The van der Waals surface area contributed by atoms with Crippen molar-refractivity contribution < 1.29 is 23.9 Å². The number of alkyl carbamates (subject to hydrolysis) is 1. The van der Waals surface area contributed by atoms with E-state index in [9.17, 15) is 14.4 Å². The molecule has 1 rings (SSSR count). The van der Waals surface area contributed by atoms with Crippen molar-refractivity contribution >= 4 is 18.0 Å². The number of hydrogen-bond donors (Lipinski definition) is 3. The standard InChI is InChI=1S/C21H39N3O5/c1-8-13(3)16(24-20(27)29-21(5,6)7)12-22-17(14(4)9-2)18(25)23-15-10-11-28-19(15)26/h13-17,22H,8-12H2,1-7H3,(H,23,25)(H,24,27)/t13?,14?,15-,16+,17-/m0/s1. The van der Waals surface area contributed by atoms with E-state index in [0.29, 0.717) is 19.6 Å². The first-order chi connectivity index (χ1) is 13.5. The van der Waals surface area contributed by atoms with Crippen molar-refractivity contribution in [1.82, 2.24) is 16.0 Å². The smallest absolute Gasteiger partial charge is 0.407 e. The number of nitrogens with one attached hydrogen (secondary N) is 3. The summed E-state index contributed by atoms with van der Waals surface area (Å²) in [5.74, 6) is -0.347. The predicted octanol–water partition coefficient (Wildman–Crippen LogP) is 2.36. The fraction of sp³-hybridized carbons (Fsp3) is 0.857. The molecule has 0 spiro atoms. The van der Waals surface area contributed by atoms with Gasteiger partial charge in [0.15, 0.2) is 0 Å². The van der Waals surface area contributed by atoms with Gasteiger partial charge in [-0.25, -0.2) is 9.59 Å². The van der Waals surface area contributed by atoms with E-state index < -0.39 is 23.8 Å². The molecule has 8 nitrogen and oxygen atoms in total. The lowest BCUT2D eigenvalue weighted by atomic mass is 9.95. The highest BCUT2D eigenvalue weighted by molar-refractivity contribution is 5.88. The van der Waals surface area contributed by atoms with Gasteiger partial charge in [-0.15, -0.1) is 0 Å². The molecule has 1 saturated heterocycles. The van der Waals surface area contributed by atoms with Crippen molar-refractivity contribution in [3.05, 3.63) is 0 Å². The summed E-state index contributed by atoms with van der Waals surface area (Å²) in [5, 5.41) is 9.03. The van der Waals surface area contributed by atoms with Crippen molar-refractivity contribution in [3.8, 4) is 0 Å². The molecule has 5 atom stereocenters. The van der Waals surface area contributed by atoms with Crippen molar-refractivity contribution in [1.29, 1.82) is 0 Å². The molecule has 1 heterocycles. The number of hydrogen-bond acceptors (Lipinski definition) is 6. The molecule has 1 aliphatic rings. The Morgan fingerprint density at radius 3 is 2.28 bits per heavy atom. The summed E-state index contributed by atoms with van der Waals surface area (Å²) in [5.41, 5.74) is -0.577. The Labute approximate surface area is 174 Å². The number of amides is 2. The van der Waals surface area contributed by atoms with E-state index in [1.54, 1.807) is 0 Å². The van der Waals surface area contributed by atoms with Crippen LogP contribution in [0.15, 0.2) is 0 Å². The Hall–Kier alpha value is -1.83. The Bertz CT molecular complexity index is 561. The van der Waals surface area contributed by atoms with Gasteiger partial charge < -0.3 is 25.4 Å².